The first-order valence-corrected chi connectivity index (χ1v) is 9.76. The molecule has 2 aromatic rings. The van der Waals surface area contributed by atoms with Crippen molar-refractivity contribution < 1.29 is 4.79 Å². The Balaban J connectivity index is 1.74. The van der Waals surface area contributed by atoms with Gasteiger partial charge in [-0.1, -0.05) is 19.1 Å². The number of hydrogen-bond acceptors (Lipinski definition) is 4. The highest BCUT2D eigenvalue weighted by Crippen LogP contribution is 2.53. The number of nitrogens with one attached hydrogen (secondary N) is 1. The summed E-state index contributed by atoms with van der Waals surface area (Å²) in [4.78, 5) is 15.6. The summed E-state index contributed by atoms with van der Waals surface area (Å²) < 4.78 is 0. The van der Waals surface area contributed by atoms with Gasteiger partial charge in [-0.05, 0) is 53.5 Å². The van der Waals surface area contributed by atoms with E-state index >= 15 is 0 Å². The van der Waals surface area contributed by atoms with E-state index < -0.39 is 0 Å². The molecule has 0 radical (unpaired) electrons. The van der Waals surface area contributed by atoms with Gasteiger partial charge in [0.1, 0.15) is 5.84 Å². The summed E-state index contributed by atoms with van der Waals surface area (Å²) in [6.45, 7) is 2.15. The van der Waals surface area contributed by atoms with Crippen molar-refractivity contribution in [2.24, 2.45) is 11.8 Å². The number of piperidine rings is 1. The maximum Gasteiger partial charge on any atom is 0.231 e. The lowest BCUT2D eigenvalue weighted by atomic mass is 9.67. The Morgan fingerprint density at radius 3 is 2.77 bits per heavy atom. The molecule has 0 spiro atoms. The molecule has 1 aromatic heterocycles. The van der Waals surface area contributed by atoms with Gasteiger partial charge in [0.15, 0.2) is 0 Å². The van der Waals surface area contributed by atoms with Gasteiger partial charge in [-0.25, -0.2) is 0 Å². The van der Waals surface area contributed by atoms with Crippen molar-refractivity contribution in [3.8, 4) is 17.2 Å². The van der Waals surface area contributed by atoms with E-state index in [0.717, 1.165) is 28.8 Å². The minimum absolute atomic E-state index is 0.0430. The van der Waals surface area contributed by atoms with Gasteiger partial charge >= 0.3 is 0 Å². The van der Waals surface area contributed by atoms with E-state index in [9.17, 15) is 4.79 Å². The van der Waals surface area contributed by atoms with Crippen molar-refractivity contribution in [2.75, 3.05) is 7.05 Å². The van der Waals surface area contributed by atoms with Crippen LogP contribution in [-0.2, 0) is 10.2 Å². The zero-order valence-corrected chi connectivity index (χ0v) is 15.8. The van der Waals surface area contributed by atoms with Crippen molar-refractivity contribution in [3.05, 3.63) is 46.2 Å². The molecule has 1 aliphatic heterocycles. The third-order valence-corrected chi connectivity index (χ3v) is 7.01. The van der Waals surface area contributed by atoms with E-state index in [2.05, 4.69) is 24.4 Å². The zero-order chi connectivity index (χ0) is 18.5. The second-order valence-corrected chi connectivity index (χ2v) is 8.56. The Labute approximate surface area is 157 Å². The Bertz CT molecular complexity index is 937. The van der Waals surface area contributed by atoms with Crippen LogP contribution in [0.2, 0.25) is 0 Å². The van der Waals surface area contributed by atoms with Crippen LogP contribution in [0.15, 0.2) is 35.7 Å². The smallest absolute Gasteiger partial charge is 0.231 e. The molecule has 1 aromatic carbocycles. The van der Waals surface area contributed by atoms with Gasteiger partial charge in [0, 0.05) is 23.8 Å². The molecule has 2 fully saturated rings. The summed E-state index contributed by atoms with van der Waals surface area (Å²) in [5.74, 6) is 0.887. The molecule has 2 heterocycles. The molecule has 2 aliphatic rings. The number of carbonyl (C=O) groups is 1. The summed E-state index contributed by atoms with van der Waals surface area (Å²) in [5, 5.41) is 19.5. The summed E-state index contributed by atoms with van der Waals surface area (Å²) in [5.41, 5.74) is 2.43. The highest BCUT2D eigenvalue weighted by atomic mass is 32.1. The van der Waals surface area contributed by atoms with Crippen LogP contribution in [0.3, 0.4) is 0 Å². The third kappa shape index (κ3) is 2.65. The highest BCUT2D eigenvalue weighted by molar-refractivity contribution is 7.10. The molecule has 26 heavy (non-hydrogen) atoms. The van der Waals surface area contributed by atoms with Gasteiger partial charge < -0.3 is 4.90 Å². The van der Waals surface area contributed by atoms with Crippen LogP contribution in [0.1, 0.15) is 36.6 Å². The van der Waals surface area contributed by atoms with E-state index in [-0.39, 0.29) is 17.2 Å². The summed E-state index contributed by atoms with van der Waals surface area (Å²) in [7, 11) is 1.73. The lowest BCUT2D eigenvalue weighted by Crippen LogP contribution is -2.54. The normalized spacial score (nSPS) is 26.0. The third-order valence-electron chi connectivity index (χ3n) is 5.80. The van der Waals surface area contributed by atoms with E-state index in [0.29, 0.717) is 23.7 Å². The number of nitrogens with zero attached hydrogens (tertiary/aromatic N) is 2. The molecule has 0 unspecified atom stereocenters. The van der Waals surface area contributed by atoms with Crippen molar-refractivity contribution in [2.45, 2.75) is 31.6 Å². The molecular weight excluding hydrogens is 342 g/mol. The van der Waals surface area contributed by atoms with Crippen LogP contribution in [0, 0.1) is 28.6 Å². The number of nitriles is 1. The average molecular weight is 363 g/mol. The predicted octanol–water partition coefficient (Wildman–Crippen LogP) is 4.41. The van der Waals surface area contributed by atoms with Crippen LogP contribution in [0.4, 0.5) is 0 Å². The minimum Gasteiger partial charge on any atom is -0.304 e. The quantitative estimate of drug-likeness (QED) is 0.877. The van der Waals surface area contributed by atoms with Gasteiger partial charge in [-0.2, -0.15) is 5.26 Å². The van der Waals surface area contributed by atoms with Gasteiger partial charge in [0.05, 0.1) is 17.6 Å². The molecule has 1 saturated heterocycles. The van der Waals surface area contributed by atoms with E-state index in [1.165, 1.54) is 4.90 Å². The number of thiophene rings is 1. The van der Waals surface area contributed by atoms with Crippen molar-refractivity contribution in [1.82, 2.24) is 4.90 Å². The zero-order valence-electron chi connectivity index (χ0n) is 15.0. The number of rotatable bonds is 3. The fourth-order valence-corrected chi connectivity index (χ4v) is 5.26. The Hall–Kier alpha value is -2.45. The molecule has 132 valence electrons. The first-order chi connectivity index (χ1) is 12.4. The van der Waals surface area contributed by atoms with Crippen LogP contribution in [0.5, 0.6) is 0 Å². The fourth-order valence-electron chi connectivity index (χ4n) is 4.14. The Morgan fingerprint density at radius 1 is 1.31 bits per heavy atom. The monoisotopic (exact) mass is 363 g/mol. The van der Waals surface area contributed by atoms with E-state index in [4.69, 9.17) is 10.7 Å². The largest absolute Gasteiger partial charge is 0.304 e. The lowest BCUT2D eigenvalue weighted by Gasteiger charge is -2.44. The molecule has 4 nitrogen and oxygen atoms in total. The second kappa shape index (κ2) is 6.07. The van der Waals surface area contributed by atoms with Crippen LogP contribution >= 0.6 is 11.3 Å². The summed E-state index contributed by atoms with van der Waals surface area (Å²) in [6.07, 6.45) is 2.81. The molecule has 5 heteroatoms. The number of benzene rings is 1. The second-order valence-electron chi connectivity index (χ2n) is 7.65. The standard InChI is InChI=1S/C21H21N3OS/c1-21(10-18(23)24(2)20(25)19(21)14-6-7-14)17-9-16(12-26-17)15-5-3-4-13(8-15)11-22/h3-5,8-9,12,14,19,23H,6-7,10H2,1-2H3/t19-,21-/m1/s1. The first kappa shape index (κ1) is 17.0. The van der Waals surface area contributed by atoms with Crippen molar-refractivity contribution in [1.29, 1.82) is 10.7 Å². The van der Waals surface area contributed by atoms with Gasteiger partial charge in [0.25, 0.3) is 0 Å². The summed E-state index contributed by atoms with van der Waals surface area (Å²) in [6, 6.07) is 11.9. The first-order valence-electron chi connectivity index (χ1n) is 8.88. The molecule has 1 aliphatic carbocycles. The Morgan fingerprint density at radius 2 is 2.08 bits per heavy atom. The number of amides is 1. The molecule has 4 rings (SSSR count). The molecule has 1 amide bonds. The van der Waals surface area contributed by atoms with E-state index in [1.54, 1.807) is 24.5 Å². The molecular formula is C21H21N3OS. The molecule has 1 saturated carbocycles. The van der Waals surface area contributed by atoms with Crippen LogP contribution in [0.25, 0.3) is 11.1 Å². The highest BCUT2D eigenvalue weighted by Gasteiger charge is 2.54. The number of amidine groups is 1. The SMILES string of the molecule is CN1C(=N)C[C@](C)(c2cc(-c3cccc(C#N)c3)cs2)[C@H](C2CC2)C1=O. The van der Waals surface area contributed by atoms with Gasteiger partial charge in [-0.3, -0.25) is 10.2 Å². The van der Waals surface area contributed by atoms with Crippen LogP contribution < -0.4 is 0 Å². The lowest BCUT2D eigenvalue weighted by molar-refractivity contribution is -0.135. The predicted molar refractivity (Wildman–Crippen MR) is 103 cm³/mol. The maximum atomic E-state index is 12.9. The Kier molecular flexibility index (Phi) is 3.96. The van der Waals surface area contributed by atoms with Gasteiger partial charge in [0.2, 0.25) is 5.91 Å². The average Bonchev–Trinajstić information content (AvgIpc) is 3.33. The molecule has 2 atom stereocenters. The van der Waals surface area contributed by atoms with Crippen LogP contribution in [-0.4, -0.2) is 23.7 Å². The summed E-state index contributed by atoms with van der Waals surface area (Å²) >= 11 is 1.67. The number of likely N-dealkylation sites (tertiary alicyclic amines) is 1. The van der Waals surface area contributed by atoms with Gasteiger partial charge in [-0.15, -0.1) is 11.3 Å². The molecule has 1 N–H and O–H groups in total. The number of carbonyl (C=O) groups excluding carboxylic acids is 1. The fraction of sp³-hybridized carbons (Fsp3) is 0.381. The van der Waals surface area contributed by atoms with E-state index in [1.807, 2.05) is 18.2 Å². The molecule has 0 bridgehead atoms. The minimum atomic E-state index is -0.322. The van der Waals surface area contributed by atoms with Crippen molar-refractivity contribution in [3.63, 3.8) is 0 Å². The van der Waals surface area contributed by atoms with Crippen molar-refractivity contribution >= 4 is 23.1 Å². The topological polar surface area (TPSA) is 68.0 Å². The maximum absolute atomic E-state index is 12.9. The number of hydrogen-bond donors (Lipinski definition) is 1.